The second kappa shape index (κ2) is 5.55. The first-order valence-electron chi connectivity index (χ1n) is 5.25. The van der Waals surface area contributed by atoms with E-state index in [9.17, 15) is 0 Å². The molecule has 90 valence electrons. The normalized spacial score (nSPS) is 10.5. The van der Waals surface area contributed by atoms with Gasteiger partial charge in [-0.3, -0.25) is 4.98 Å². The number of halogens is 1. The fraction of sp³-hybridized carbons (Fsp3) is 0.364. The van der Waals surface area contributed by atoms with Crippen molar-refractivity contribution < 1.29 is 0 Å². The highest BCUT2D eigenvalue weighted by Crippen LogP contribution is 2.14. The van der Waals surface area contributed by atoms with Gasteiger partial charge in [-0.05, 0) is 22.9 Å². The molecule has 0 aliphatic heterocycles. The van der Waals surface area contributed by atoms with Crippen molar-refractivity contribution in [2.45, 2.75) is 13.3 Å². The van der Waals surface area contributed by atoms with Gasteiger partial charge in [0.05, 0.1) is 17.4 Å². The smallest absolute Gasteiger partial charge is 0.148 e. The molecule has 0 saturated carbocycles. The molecule has 4 nitrogen and oxygen atoms in total. The monoisotopic (exact) mass is 312 g/mol. The first kappa shape index (κ1) is 12.4. The number of anilines is 1. The molecule has 0 atom stereocenters. The van der Waals surface area contributed by atoms with Crippen LogP contribution in [0.5, 0.6) is 0 Å². The quantitative estimate of drug-likeness (QED) is 0.870. The maximum absolute atomic E-state index is 4.44. The number of aryl methyl sites for hydroxylation is 1. The van der Waals surface area contributed by atoms with Gasteiger partial charge in [0.2, 0.25) is 0 Å². The Morgan fingerprint density at radius 3 is 2.82 bits per heavy atom. The summed E-state index contributed by atoms with van der Waals surface area (Å²) >= 11 is 5.03. The summed E-state index contributed by atoms with van der Waals surface area (Å²) < 4.78 is 0.756. The zero-order valence-corrected chi connectivity index (χ0v) is 12.1. The molecule has 2 aromatic heterocycles. The SMILES string of the molecule is Cc1csc(CCN(C)c2cncc(Br)n2)n1. The number of hydrogen-bond donors (Lipinski definition) is 0. The summed E-state index contributed by atoms with van der Waals surface area (Å²) in [6.07, 6.45) is 4.38. The molecule has 0 aliphatic carbocycles. The highest BCUT2D eigenvalue weighted by atomic mass is 79.9. The van der Waals surface area contributed by atoms with Gasteiger partial charge in [0, 0.05) is 31.1 Å². The van der Waals surface area contributed by atoms with Crippen LogP contribution in [0.3, 0.4) is 0 Å². The minimum atomic E-state index is 0.756. The third-order valence-corrected chi connectivity index (χ3v) is 3.72. The zero-order valence-electron chi connectivity index (χ0n) is 9.72. The third-order valence-electron chi connectivity index (χ3n) is 2.31. The number of hydrogen-bond acceptors (Lipinski definition) is 5. The predicted octanol–water partition coefficient (Wildman–Crippen LogP) is 2.68. The predicted molar refractivity (Wildman–Crippen MR) is 73.6 cm³/mol. The molecule has 0 bridgehead atoms. The van der Waals surface area contributed by atoms with E-state index in [-0.39, 0.29) is 0 Å². The Morgan fingerprint density at radius 2 is 2.18 bits per heavy atom. The molecule has 0 N–H and O–H groups in total. The minimum absolute atomic E-state index is 0.756. The number of rotatable bonds is 4. The summed E-state index contributed by atoms with van der Waals surface area (Å²) in [7, 11) is 2.01. The number of aromatic nitrogens is 3. The zero-order chi connectivity index (χ0) is 12.3. The van der Waals surface area contributed by atoms with Gasteiger partial charge in [-0.25, -0.2) is 9.97 Å². The summed E-state index contributed by atoms with van der Waals surface area (Å²) in [5, 5.41) is 3.24. The lowest BCUT2D eigenvalue weighted by Gasteiger charge is -2.16. The lowest BCUT2D eigenvalue weighted by Crippen LogP contribution is -2.21. The lowest BCUT2D eigenvalue weighted by atomic mass is 10.4. The molecule has 2 rings (SSSR count). The number of nitrogens with zero attached hydrogens (tertiary/aromatic N) is 4. The average Bonchev–Trinajstić information content (AvgIpc) is 2.72. The molecular weight excluding hydrogens is 300 g/mol. The van der Waals surface area contributed by atoms with Crippen LogP contribution < -0.4 is 4.90 Å². The van der Waals surface area contributed by atoms with E-state index in [1.807, 2.05) is 14.0 Å². The van der Waals surface area contributed by atoms with E-state index in [1.54, 1.807) is 23.7 Å². The fourth-order valence-electron chi connectivity index (χ4n) is 1.41. The van der Waals surface area contributed by atoms with Gasteiger partial charge in [0.1, 0.15) is 10.4 Å². The summed E-state index contributed by atoms with van der Waals surface area (Å²) in [6, 6.07) is 0. The highest BCUT2D eigenvalue weighted by Gasteiger charge is 2.05. The van der Waals surface area contributed by atoms with E-state index in [0.29, 0.717) is 0 Å². The van der Waals surface area contributed by atoms with Crippen LogP contribution in [0.2, 0.25) is 0 Å². The molecule has 0 radical (unpaired) electrons. The van der Waals surface area contributed by atoms with Gasteiger partial charge >= 0.3 is 0 Å². The molecule has 0 fully saturated rings. The molecule has 0 spiro atoms. The molecule has 2 aromatic rings. The molecular formula is C11H13BrN4S. The van der Waals surface area contributed by atoms with Crippen molar-refractivity contribution in [1.82, 2.24) is 15.0 Å². The summed E-state index contributed by atoms with van der Waals surface area (Å²) in [6.45, 7) is 2.90. The van der Waals surface area contributed by atoms with Crippen LogP contribution in [0, 0.1) is 6.92 Å². The van der Waals surface area contributed by atoms with Gasteiger partial charge in [-0.15, -0.1) is 11.3 Å². The van der Waals surface area contributed by atoms with Crippen LogP contribution in [-0.2, 0) is 6.42 Å². The Balaban J connectivity index is 1.95. The molecule has 17 heavy (non-hydrogen) atoms. The van der Waals surface area contributed by atoms with Crippen LogP contribution in [0.15, 0.2) is 22.4 Å². The van der Waals surface area contributed by atoms with Crippen molar-refractivity contribution in [3.05, 3.63) is 33.1 Å². The molecule has 2 heterocycles. The molecule has 0 saturated heterocycles. The second-order valence-electron chi connectivity index (χ2n) is 3.75. The summed E-state index contributed by atoms with van der Waals surface area (Å²) in [5.74, 6) is 0.868. The van der Waals surface area contributed by atoms with E-state index >= 15 is 0 Å². The van der Waals surface area contributed by atoms with Crippen molar-refractivity contribution in [2.24, 2.45) is 0 Å². The largest absolute Gasteiger partial charge is 0.358 e. The van der Waals surface area contributed by atoms with Gasteiger partial charge in [0.15, 0.2) is 0 Å². The van der Waals surface area contributed by atoms with Gasteiger partial charge < -0.3 is 4.90 Å². The summed E-state index contributed by atoms with van der Waals surface area (Å²) in [5.41, 5.74) is 1.09. The van der Waals surface area contributed by atoms with E-state index < -0.39 is 0 Å². The lowest BCUT2D eigenvalue weighted by molar-refractivity contribution is 0.844. The Hall–Kier alpha value is -1.01. The van der Waals surface area contributed by atoms with E-state index in [0.717, 1.165) is 34.1 Å². The minimum Gasteiger partial charge on any atom is -0.358 e. The average molecular weight is 313 g/mol. The standard InChI is InChI=1S/C11H13BrN4S/c1-8-7-17-11(14-8)3-4-16(2)10-6-13-5-9(12)15-10/h5-7H,3-4H2,1-2H3. The summed E-state index contributed by atoms with van der Waals surface area (Å²) in [4.78, 5) is 15.0. The Kier molecular flexibility index (Phi) is 4.06. The van der Waals surface area contributed by atoms with Crippen molar-refractivity contribution in [2.75, 3.05) is 18.5 Å². The van der Waals surface area contributed by atoms with Gasteiger partial charge in [-0.2, -0.15) is 0 Å². The van der Waals surface area contributed by atoms with E-state index in [4.69, 9.17) is 0 Å². The van der Waals surface area contributed by atoms with Crippen LogP contribution >= 0.6 is 27.3 Å². The van der Waals surface area contributed by atoms with E-state index in [1.165, 1.54) is 0 Å². The van der Waals surface area contributed by atoms with Crippen LogP contribution in [0.1, 0.15) is 10.7 Å². The fourth-order valence-corrected chi connectivity index (χ4v) is 2.48. The molecule has 6 heteroatoms. The van der Waals surface area contributed by atoms with Crippen molar-refractivity contribution >= 4 is 33.1 Å². The third kappa shape index (κ3) is 3.47. The molecule has 0 aliphatic rings. The highest BCUT2D eigenvalue weighted by molar-refractivity contribution is 9.10. The molecule has 0 unspecified atom stereocenters. The van der Waals surface area contributed by atoms with Crippen molar-refractivity contribution in [3.8, 4) is 0 Å². The second-order valence-corrected chi connectivity index (χ2v) is 5.51. The number of thiazole rings is 1. The topological polar surface area (TPSA) is 41.9 Å². The van der Waals surface area contributed by atoms with Crippen LogP contribution in [0.4, 0.5) is 5.82 Å². The first-order valence-corrected chi connectivity index (χ1v) is 6.92. The molecule has 0 amide bonds. The number of likely N-dealkylation sites (N-methyl/N-ethyl adjacent to an activating group) is 1. The van der Waals surface area contributed by atoms with Crippen molar-refractivity contribution in [3.63, 3.8) is 0 Å². The van der Waals surface area contributed by atoms with Gasteiger partial charge in [-0.1, -0.05) is 0 Å². The maximum Gasteiger partial charge on any atom is 0.148 e. The Morgan fingerprint density at radius 1 is 1.35 bits per heavy atom. The molecule has 0 aromatic carbocycles. The Bertz CT molecular complexity index is 500. The maximum atomic E-state index is 4.44. The van der Waals surface area contributed by atoms with Crippen LogP contribution in [0.25, 0.3) is 0 Å². The Labute approximate surface area is 113 Å². The van der Waals surface area contributed by atoms with E-state index in [2.05, 4.69) is 41.2 Å². The van der Waals surface area contributed by atoms with Crippen molar-refractivity contribution in [1.29, 1.82) is 0 Å². The van der Waals surface area contributed by atoms with Crippen LogP contribution in [-0.4, -0.2) is 28.5 Å². The first-order chi connectivity index (χ1) is 8.15. The van der Waals surface area contributed by atoms with Gasteiger partial charge in [0.25, 0.3) is 0 Å².